The van der Waals surface area contributed by atoms with Crippen LogP contribution in [0.2, 0.25) is 0 Å². The molecule has 4 rings (SSSR count). The first-order valence-corrected chi connectivity index (χ1v) is 23.2. The standard InChI is InChI=1S/C46H82N2O15/c1-16-34-46(11)39(62-43(52)63-46)30(6)48(14)25-26(2)23-44(9,53)38(61-42-37(58-32(8)50)33(47(12)13)22-27(3)56-42)28(4)36(29(5)41(51)59-34)60-35-24-45(10,54-15)40(31(7)57-35)55-21-19-17-18-20-49/h26-31,33-40,42,49,53H,16-25H2,1-15H3/t26-,27-,28+,29-,30-,31+,33+,34-,35+,36+,37-,38-,39-,40+,42+,44-,45-,46-/m1/s1. The number of carbonyl (C=O) groups is 3. The number of esters is 2. The van der Waals surface area contributed by atoms with Crippen molar-refractivity contribution in [2.75, 3.05) is 48.0 Å². The normalized spacial score (nSPS) is 43.6. The summed E-state index contributed by atoms with van der Waals surface area (Å²) in [6.07, 6.45) is -5.08. The van der Waals surface area contributed by atoms with E-state index in [1.54, 1.807) is 27.9 Å². The maximum absolute atomic E-state index is 14.7. The average molecular weight is 903 g/mol. The van der Waals surface area contributed by atoms with Crippen LogP contribution in [0, 0.1) is 17.8 Å². The highest BCUT2D eigenvalue weighted by atomic mass is 16.8. The molecular weight excluding hydrogens is 821 g/mol. The first-order valence-electron chi connectivity index (χ1n) is 23.2. The summed E-state index contributed by atoms with van der Waals surface area (Å²) in [5.74, 6) is -3.04. The fourth-order valence-corrected chi connectivity index (χ4v) is 10.5. The summed E-state index contributed by atoms with van der Waals surface area (Å²) in [4.78, 5) is 44.2. The van der Waals surface area contributed by atoms with Gasteiger partial charge < -0.3 is 62.5 Å². The van der Waals surface area contributed by atoms with E-state index in [-0.39, 0.29) is 43.6 Å². The second-order valence-corrected chi connectivity index (χ2v) is 19.8. The molecule has 17 nitrogen and oxygen atoms in total. The Balaban J connectivity index is 1.83. The van der Waals surface area contributed by atoms with Crippen molar-refractivity contribution in [2.45, 2.75) is 211 Å². The molecular formula is C46H82N2O15. The lowest BCUT2D eigenvalue weighted by Gasteiger charge is -2.49. The molecule has 4 aliphatic rings. The molecule has 0 aromatic heterocycles. The van der Waals surface area contributed by atoms with Crippen LogP contribution in [0.25, 0.3) is 0 Å². The van der Waals surface area contributed by atoms with Crippen LogP contribution >= 0.6 is 0 Å². The van der Waals surface area contributed by atoms with Gasteiger partial charge in [0.15, 0.2) is 30.4 Å². The summed E-state index contributed by atoms with van der Waals surface area (Å²) < 4.78 is 63.5. The Kier molecular flexibility index (Phi) is 19.1. The second kappa shape index (κ2) is 22.5. The third-order valence-corrected chi connectivity index (χ3v) is 14.0. The highest BCUT2D eigenvalue weighted by Crippen LogP contribution is 2.42. The average Bonchev–Trinajstić information content (AvgIpc) is 3.51. The molecule has 0 aromatic rings. The zero-order chi connectivity index (χ0) is 47.2. The van der Waals surface area contributed by atoms with Crippen LogP contribution in [0.1, 0.15) is 121 Å². The Labute approximate surface area is 376 Å². The summed E-state index contributed by atoms with van der Waals surface area (Å²) >= 11 is 0. The number of cyclic esters (lactones) is 1. The van der Waals surface area contributed by atoms with E-state index in [1.807, 2.05) is 74.5 Å². The Morgan fingerprint density at radius 2 is 1.62 bits per heavy atom. The van der Waals surface area contributed by atoms with Crippen LogP contribution < -0.4 is 0 Å². The molecule has 2 N–H and O–H groups in total. The van der Waals surface area contributed by atoms with Crippen LogP contribution in [0.15, 0.2) is 0 Å². The zero-order valence-electron chi connectivity index (χ0n) is 40.8. The highest BCUT2D eigenvalue weighted by molar-refractivity contribution is 5.73. The Morgan fingerprint density at radius 3 is 2.22 bits per heavy atom. The zero-order valence-corrected chi connectivity index (χ0v) is 40.8. The maximum Gasteiger partial charge on any atom is 0.509 e. The van der Waals surface area contributed by atoms with Crippen molar-refractivity contribution < 1.29 is 72.0 Å². The van der Waals surface area contributed by atoms with Gasteiger partial charge in [-0.1, -0.05) is 20.8 Å². The minimum atomic E-state index is -1.59. The van der Waals surface area contributed by atoms with Gasteiger partial charge >= 0.3 is 18.1 Å². The van der Waals surface area contributed by atoms with Crippen molar-refractivity contribution in [3.8, 4) is 0 Å². The van der Waals surface area contributed by atoms with E-state index in [2.05, 4.69) is 4.90 Å². The summed E-state index contributed by atoms with van der Waals surface area (Å²) in [7, 11) is 7.36. The molecule has 0 amide bonds. The molecule has 4 saturated heterocycles. The fraction of sp³-hybridized carbons (Fsp3) is 0.935. The number of aliphatic hydroxyl groups is 2. The fourth-order valence-electron chi connectivity index (χ4n) is 10.5. The number of methoxy groups -OCH3 is 1. The first-order chi connectivity index (χ1) is 29.4. The molecule has 0 radical (unpaired) electrons. The molecule has 0 unspecified atom stereocenters. The summed E-state index contributed by atoms with van der Waals surface area (Å²) in [5.41, 5.74) is -3.78. The number of carbonyl (C=O) groups excluding carboxylic acids is 3. The van der Waals surface area contributed by atoms with Gasteiger partial charge in [-0.3, -0.25) is 14.5 Å². The van der Waals surface area contributed by atoms with Crippen molar-refractivity contribution in [1.29, 1.82) is 0 Å². The third-order valence-electron chi connectivity index (χ3n) is 14.0. The predicted octanol–water partition coefficient (Wildman–Crippen LogP) is 4.84. The van der Waals surface area contributed by atoms with Crippen molar-refractivity contribution >= 4 is 18.1 Å². The summed E-state index contributed by atoms with van der Waals surface area (Å²) in [6.45, 7) is 21.0. The molecule has 4 fully saturated rings. The van der Waals surface area contributed by atoms with Crippen molar-refractivity contribution in [1.82, 2.24) is 9.80 Å². The molecule has 18 atom stereocenters. The van der Waals surface area contributed by atoms with Crippen molar-refractivity contribution in [3.63, 3.8) is 0 Å². The molecule has 17 heteroatoms. The summed E-state index contributed by atoms with van der Waals surface area (Å²) in [6, 6.07) is -0.637. The Hall–Kier alpha value is -2.19. The predicted molar refractivity (Wildman–Crippen MR) is 232 cm³/mol. The number of rotatable bonds is 14. The van der Waals surface area contributed by atoms with Gasteiger partial charge in [0.1, 0.15) is 12.2 Å². The van der Waals surface area contributed by atoms with Crippen LogP contribution in [0.4, 0.5) is 4.79 Å². The first kappa shape index (κ1) is 53.4. The Morgan fingerprint density at radius 1 is 0.937 bits per heavy atom. The SMILES string of the molecule is CC[C@H]1OC(=O)[C@H](C)[C@@H](O[C@H]2C[C@@](C)(OC)[C@@H](OCCCCCO)[C@H](C)O2)[C@H](C)[C@@H](O[C@@H]2O[C@H](C)C[C@H](N(C)C)[C@H]2OC(C)=O)[C@](C)(O)C[C@@H](C)CN(C)[C@H](C)[C@H]2OC(=O)O[C@@]21C. The molecule has 0 saturated carbocycles. The van der Waals surface area contributed by atoms with Crippen molar-refractivity contribution in [2.24, 2.45) is 17.8 Å². The molecule has 366 valence electrons. The maximum atomic E-state index is 14.7. The number of hydrogen-bond acceptors (Lipinski definition) is 17. The second-order valence-electron chi connectivity index (χ2n) is 19.8. The van der Waals surface area contributed by atoms with Gasteiger partial charge in [-0.05, 0) is 114 Å². The van der Waals surface area contributed by atoms with Crippen LogP contribution in [0.3, 0.4) is 0 Å². The van der Waals surface area contributed by atoms with E-state index in [0.717, 1.165) is 12.8 Å². The van der Waals surface area contributed by atoms with Crippen LogP contribution in [0.5, 0.6) is 0 Å². The molecule has 4 aliphatic heterocycles. The summed E-state index contributed by atoms with van der Waals surface area (Å²) in [5, 5.41) is 22.1. The number of unbranched alkanes of at least 4 members (excludes halogenated alkanes) is 2. The highest BCUT2D eigenvalue weighted by Gasteiger charge is 2.58. The molecule has 4 heterocycles. The van der Waals surface area contributed by atoms with E-state index in [0.29, 0.717) is 32.4 Å². The topological polar surface area (TPSA) is 190 Å². The van der Waals surface area contributed by atoms with Crippen molar-refractivity contribution in [3.05, 3.63) is 0 Å². The molecule has 0 aromatic carbocycles. The number of likely N-dealkylation sites (N-methyl/N-ethyl adjacent to an activating group) is 2. The van der Waals surface area contributed by atoms with E-state index >= 15 is 0 Å². The van der Waals surface area contributed by atoms with Gasteiger partial charge in [-0.2, -0.15) is 0 Å². The molecule has 0 aliphatic carbocycles. The lowest BCUT2D eigenvalue weighted by atomic mass is 9.77. The van der Waals surface area contributed by atoms with E-state index < -0.39 is 102 Å². The van der Waals surface area contributed by atoms with E-state index in [1.165, 1.54) is 6.92 Å². The minimum Gasteiger partial charge on any atom is -0.458 e. The number of ether oxygens (including phenoxy) is 10. The quantitative estimate of drug-likeness (QED) is 0.137. The molecule has 63 heavy (non-hydrogen) atoms. The molecule has 0 spiro atoms. The van der Waals surface area contributed by atoms with Gasteiger partial charge in [-0.25, -0.2) is 4.79 Å². The van der Waals surface area contributed by atoms with Gasteiger partial charge in [-0.15, -0.1) is 0 Å². The number of fused-ring (bicyclic) bond motifs is 1. The number of aliphatic hydroxyl groups excluding tert-OH is 1. The van der Waals surface area contributed by atoms with E-state index in [9.17, 15) is 24.6 Å². The van der Waals surface area contributed by atoms with Gasteiger partial charge in [0.25, 0.3) is 0 Å². The lowest BCUT2D eigenvalue weighted by molar-refractivity contribution is -0.321. The number of hydrogen-bond donors (Lipinski definition) is 2. The smallest absolute Gasteiger partial charge is 0.458 e. The van der Waals surface area contributed by atoms with Gasteiger partial charge in [0.05, 0.1) is 47.6 Å². The van der Waals surface area contributed by atoms with Crippen LogP contribution in [-0.2, 0) is 57.0 Å². The third kappa shape index (κ3) is 12.8. The lowest BCUT2D eigenvalue weighted by Crippen LogP contribution is -2.61. The largest absolute Gasteiger partial charge is 0.509 e. The van der Waals surface area contributed by atoms with E-state index in [4.69, 9.17) is 47.4 Å². The molecule has 0 bridgehead atoms. The number of nitrogens with zero attached hydrogens (tertiary/aromatic N) is 2. The minimum absolute atomic E-state index is 0.122. The van der Waals surface area contributed by atoms with Crippen LogP contribution in [-0.4, -0.2) is 176 Å². The van der Waals surface area contributed by atoms with Gasteiger partial charge in [0.2, 0.25) is 0 Å². The monoisotopic (exact) mass is 903 g/mol. The Bertz CT molecular complexity index is 1490. The van der Waals surface area contributed by atoms with Gasteiger partial charge in [0, 0.05) is 52.2 Å².